The molecule has 1 saturated carbocycles. The summed E-state index contributed by atoms with van der Waals surface area (Å²) in [6.07, 6.45) is 3.26. The summed E-state index contributed by atoms with van der Waals surface area (Å²) in [7, 11) is 0. The van der Waals surface area contributed by atoms with Crippen molar-refractivity contribution < 1.29 is 8.94 Å². The number of nitrogens with two attached hydrogens (primary N) is 1. The Morgan fingerprint density at radius 2 is 2.22 bits per heavy atom. The summed E-state index contributed by atoms with van der Waals surface area (Å²) < 4.78 is 12.0. The van der Waals surface area contributed by atoms with Crippen LogP contribution in [0.2, 0.25) is 5.02 Å². The molecule has 1 aliphatic carbocycles. The van der Waals surface area contributed by atoms with E-state index >= 15 is 0 Å². The largest absolute Gasteiger partial charge is 0.419 e. The molecule has 0 aliphatic heterocycles. The average molecular weight is 335 g/mol. The average Bonchev–Trinajstić information content (AvgIpc) is 3.06. The van der Waals surface area contributed by atoms with Gasteiger partial charge in [-0.25, -0.2) is 4.79 Å². The van der Waals surface area contributed by atoms with Crippen LogP contribution >= 0.6 is 11.6 Å². The molecule has 4 rings (SSSR count). The van der Waals surface area contributed by atoms with Gasteiger partial charge in [0.05, 0.1) is 11.1 Å². The molecule has 8 heteroatoms. The van der Waals surface area contributed by atoms with E-state index in [-0.39, 0.29) is 0 Å². The summed E-state index contributed by atoms with van der Waals surface area (Å²) in [5.41, 5.74) is 6.88. The fraction of sp³-hybridized carbons (Fsp3) is 0.400. The van der Waals surface area contributed by atoms with Crippen molar-refractivity contribution in [1.29, 1.82) is 0 Å². The van der Waals surface area contributed by atoms with Crippen LogP contribution < -0.4 is 11.5 Å². The van der Waals surface area contributed by atoms with E-state index in [0.717, 1.165) is 19.3 Å². The summed E-state index contributed by atoms with van der Waals surface area (Å²) >= 11 is 5.90. The van der Waals surface area contributed by atoms with Gasteiger partial charge in [0.1, 0.15) is 0 Å². The predicted molar refractivity (Wildman–Crippen MR) is 83.2 cm³/mol. The van der Waals surface area contributed by atoms with Crippen LogP contribution in [0.25, 0.3) is 11.1 Å². The van der Waals surface area contributed by atoms with E-state index in [9.17, 15) is 4.79 Å². The molecule has 1 aromatic carbocycles. The van der Waals surface area contributed by atoms with E-state index in [4.69, 9.17) is 26.3 Å². The number of aryl methyl sites for hydroxylation is 2. The van der Waals surface area contributed by atoms with Gasteiger partial charge in [-0.3, -0.25) is 4.57 Å². The van der Waals surface area contributed by atoms with Crippen LogP contribution in [0.5, 0.6) is 0 Å². The van der Waals surface area contributed by atoms with Crippen molar-refractivity contribution in [1.82, 2.24) is 14.7 Å². The molecular formula is C15H15ClN4O3. The van der Waals surface area contributed by atoms with Gasteiger partial charge in [-0.15, -0.1) is 0 Å². The van der Waals surface area contributed by atoms with Gasteiger partial charge in [-0.2, -0.15) is 4.98 Å². The van der Waals surface area contributed by atoms with Crippen molar-refractivity contribution >= 4 is 22.7 Å². The second-order valence-corrected chi connectivity index (χ2v) is 6.34. The van der Waals surface area contributed by atoms with Crippen LogP contribution in [-0.2, 0) is 18.5 Å². The zero-order valence-corrected chi connectivity index (χ0v) is 13.0. The predicted octanol–water partition coefficient (Wildman–Crippen LogP) is 2.21. The second kappa shape index (κ2) is 5.21. The number of nitrogens with zero attached hydrogens (tertiary/aromatic N) is 3. The maximum absolute atomic E-state index is 12.0. The molecule has 0 saturated heterocycles. The highest BCUT2D eigenvalue weighted by molar-refractivity contribution is 6.31. The lowest BCUT2D eigenvalue weighted by molar-refractivity contribution is 0.229. The van der Waals surface area contributed by atoms with Crippen LogP contribution in [0.4, 0.5) is 0 Å². The summed E-state index contributed by atoms with van der Waals surface area (Å²) in [5.74, 6) is 0.582. The molecule has 1 aliphatic rings. The smallest absolute Gasteiger partial charge is 0.408 e. The molecule has 0 unspecified atom stereocenters. The molecule has 7 nitrogen and oxygen atoms in total. The highest BCUT2D eigenvalue weighted by atomic mass is 35.5. The summed E-state index contributed by atoms with van der Waals surface area (Å²) in [6.45, 7) is 0.382. The van der Waals surface area contributed by atoms with Crippen molar-refractivity contribution in [3.05, 3.63) is 45.5 Å². The second-order valence-electron chi connectivity index (χ2n) is 5.90. The van der Waals surface area contributed by atoms with E-state index < -0.39 is 11.3 Å². The minimum Gasteiger partial charge on any atom is -0.408 e. The number of oxazole rings is 1. The molecule has 2 heterocycles. The van der Waals surface area contributed by atoms with Gasteiger partial charge in [-0.1, -0.05) is 16.8 Å². The SMILES string of the molecule is NC1(c2noc(CCn3c(=O)oc4cc(Cl)ccc43)n2)CCC1. The molecule has 120 valence electrons. The molecule has 0 amide bonds. The Labute approximate surface area is 136 Å². The van der Waals surface area contributed by atoms with Gasteiger partial charge in [0.2, 0.25) is 5.89 Å². The number of aromatic nitrogens is 3. The quantitative estimate of drug-likeness (QED) is 0.785. The van der Waals surface area contributed by atoms with Crippen LogP contribution in [0, 0.1) is 0 Å². The third-order valence-corrected chi connectivity index (χ3v) is 4.57. The molecule has 23 heavy (non-hydrogen) atoms. The number of hydrogen-bond donors (Lipinski definition) is 1. The van der Waals surface area contributed by atoms with Gasteiger partial charge in [0, 0.05) is 24.1 Å². The lowest BCUT2D eigenvalue weighted by atomic mass is 9.77. The van der Waals surface area contributed by atoms with Crippen LogP contribution in [0.15, 0.2) is 31.9 Å². The molecule has 2 N–H and O–H groups in total. The van der Waals surface area contributed by atoms with Crippen molar-refractivity contribution in [3.63, 3.8) is 0 Å². The molecule has 1 fully saturated rings. The Morgan fingerprint density at radius 3 is 2.96 bits per heavy atom. The molecular weight excluding hydrogens is 320 g/mol. The summed E-state index contributed by atoms with van der Waals surface area (Å²) in [4.78, 5) is 16.3. The van der Waals surface area contributed by atoms with E-state index in [1.807, 2.05) is 0 Å². The van der Waals surface area contributed by atoms with Crippen molar-refractivity contribution in [2.75, 3.05) is 0 Å². The highest BCUT2D eigenvalue weighted by Crippen LogP contribution is 2.36. The Hall–Kier alpha value is -2.12. The Balaban J connectivity index is 1.55. The normalized spacial score (nSPS) is 16.6. The number of hydrogen-bond acceptors (Lipinski definition) is 6. The maximum atomic E-state index is 12.0. The van der Waals surface area contributed by atoms with Crippen LogP contribution in [0.1, 0.15) is 31.0 Å². The van der Waals surface area contributed by atoms with E-state index in [1.165, 1.54) is 4.57 Å². The van der Waals surface area contributed by atoms with Crippen LogP contribution in [0.3, 0.4) is 0 Å². The first-order valence-corrected chi connectivity index (χ1v) is 7.84. The summed E-state index contributed by atoms with van der Waals surface area (Å²) in [6, 6.07) is 5.09. The zero-order valence-electron chi connectivity index (χ0n) is 12.3. The fourth-order valence-electron chi connectivity index (χ4n) is 2.80. The maximum Gasteiger partial charge on any atom is 0.419 e. The van der Waals surface area contributed by atoms with Gasteiger partial charge in [0.15, 0.2) is 11.4 Å². The zero-order chi connectivity index (χ0) is 16.0. The first-order chi connectivity index (χ1) is 11.0. The van der Waals surface area contributed by atoms with Gasteiger partial charge >= 0.3 is 5.76 Å². The number of benzene rings is 1. The molecule has 3 aromatic rings. The lowest BCUT2D eigenvalue weighted by Crippen LogP contribution is -2.44. The topological polar surface area (TPSA) is 100 Å². The van der Waals surface area contributed by atoms with E-state index in [2.05, 4.69) is 10.1 Å². The Bertz CT molecular complexity index is 922. The first-order valence-electron chi connectivity index (χ1n) is 7.46. The third-order valence-electron chi connectivity index (χ3n) is 4.34. The lowest BCUT2D eigenvalue weighted by Gasteiger charge is -2.34. The molecule has 0 bridgehead atoms. The molecule has 2 aromatic heterocycles. The monoisotopic (exact) mass is 334 g/mol. The number of fused-ring (bicyclic) bond motifs is 1. The van der Waals surface area contributed by atoms with Crippen molar-refractivity contribution in [2.24, 2.45) is 5.73 Å². The standard InChI is InChI=1S/C15H15ClN4O3/c16-9-2-3-10-11(8-9)22-14(21)20(10)7-4-12-18-13(19-23-12)15(17)5-1-6-15/h2-3,8H,1,4-7,17H2. The summed E-state index contributed by atoms with van der Waals surface area (Å²) in [5, 5.41) is 4.49. The van der Waals surface area contributed by atoms with Crippen molar-refractivity contribution in [2.45, 2.75) is 37.8 Å². The molecule has 0 atom stereocenters. The minimum absolute atomic E-state index is 0.382. The van der Waals surface area contributed by atoms with Crippen LogP contribution in [-0.4, -0.2) is 14.7 Å². The van der Waals surface area contributed by atoms with E-state index in [1.54, 1.807) is 18.2 Å². The fourth-order valence-corrected chi connectivity index (χ4v) is 2.96. The minimum atomic E-state index is -0.447. The first kappa shape index (κ1) is 14.5. The van der Waals surface area contributed by atoms with Gasteiger partial charge in [-0.05, 0) is 31.4 Å². The van der Waals surface area contributed by atoms with E-state index in [0.29, 0.717) is 40.8 Å². The Kier molecular flexibility index (Phi) is 3.28. The Morgan fingerprint density at radius 1 is 1.39 bits per heavy atom. The number of rotatable bonds is 4. The van der Waals surface area contributed by atoms with Gasteiger partial charge in [0.25, 0.3) is 0 Å². The highest BCUT2D eigenvalue weighted by Gasteiger charge is 2.38. The number of halogens is 1. The van der Waals surface area contributed by atoms with Crippen molar-refractivity contribution in [3.8, 4) is 0 Å². The third kappa shape index (κ3) is 2.46. The molecule has 0 spiro atoms. The molecule has 0 radical (unpaired) electrons. The van der Waals surface area contributed by atoms with Gasteiger partial charge < -0.3 is 14.7 Å².